The minimum absolute atomic E-state index is 0.236. The van der Waals surface area contributed by atoms with Crippen LogP contribution in [0.3, 0.4) is 0 Å². The molecular weight excluding hydrogens is 242 g/mol. The molecule has 0 aliphatic carbocycles. The summed E-state index contributed by atoms with van der Waals surface area (Å²) in [6.07, 6.45) is 3.19. The number of esters is 1. The first-order chi connectivity index (χ1) is 8.67. The normalized spacial score (nSPS) is 24.1. The lowest BCUT2D eigenvalue weighted by Crippen LogP contribution is -2.55. The lowest BCUT2D eigenvalue weighted by atomic mass is 9.68. The Morgan fingerprint density at radius 1 is 1.37 bits per heavy atom. The first kappa shape index (κ1) is 16.4. The molecule has 2 atom stereocenters. The van der Waals surface area contributed by atoms with Crippen LogP contribution in [0.15, 0.2) is 0 Å². The molecule has 4 nitrogen and oxygen atoms in total. The molecule has 19 heavy (non-hydrogen) atoms. The van der Waals surface area contributed by atoms with Gasteiger partial charge >= 0.3 is 5.97 Å². The molecule has 1 aliphatic heterocycles. The van der Waals surface area contributed by atoms with Crippen molar-refractivity contribution in [2.24, 2.45) is 17.1 Å². The zero-order chi connectivity index (χ0) is 14.7. The van der Waals surface area contributed by atoms with Crippen molar-refractivity contribution in [3.63, 3.8) is 0 Å². The Morgan fingerprint density at radius 2 is 2.00 bits per heavy atom. The molecule has 1 fully saturated rings. The summed E-state index contributed by atoms with van der Waals surface area (Å²) in [5, 5.41) is 0. The lowest BCUT2D eigenvalue weighted by molar-refractivity contribution is -0.200. The first-order valence-electron chi connectivity index (χ1n) is 7.28. The van der Waals surface area contributed by atoms with Gasteiger partial charge in [-0.25, -0.2) is 0 Å². The molecule has 1 aliphatic rings. The van der Waals surface area contributed by atoms with E-state index >= 15 is 0 Å². The van der Waals surface area contributed by atoms with Crippen molar-refractivity contribution in [3.05, 3.63) is 0 Å². The predicted octanol–water partition coefficient (Wildman–Crippen LogP) is 2.85. The second kappa shape index (κ2) is 6.23. The minimum atomic E-state index is -0.692. The fourth-order valence-electron chi connectivity index (χ4n) is 2.48. The van der Waals surface area contributed by atoms with Gasteiger partial charge in [-0.2, -0.15) is 0 Å². The number of rotatable bonds is 5. The standard InChI is InChI=1S/C15H29NO3/c1-11(2)10-15(5,14(3,4)16)13(17)19-12-8-6-7-9-18-12/h11-12H,6-10,16H2,1-5H3. The number of carbonyl (C=O) groups excluding carboxylic acids is 1. The predicted molar refractivity (Wildman–Crippen MR) is 75.5 cm³/mol. The maximum absolute atomic E-state index is 12.5. The topological polar surface area (TPSA) is 61.5 Å². The van der Waals surface area contributed by atoms with Gasteiger partial charge in [0, 0.05) is 12.0 Å². The van der Waals surface area contributed by atoms with Gasteiger partial charge in [-0.05, 0) is 46.0 Å². The highest BCUT2D eigenvalue weighted by atomic mass is 16.7. The van der Waals surface area contributed by atoms with Gasteiger partial charge in [0.1, 0.15) is 0 Å². The van der Waals surface area contributed by atoms with Crippen LogP contribution in [0.25, 0.3) is 0 Å². The smallest absolute Gasteiger partial charge is 0.315 e. The van der Waals surface area contributed by atoms with Gasteiger partial charge in [0.15, 0.2) is 0 Å². The molecule has 0 aromatic rings. The molecule has 1 heterocycles. The van der Waals surface area contributed by atoms with Crippen molar-refractivity contribution in [1.29, 1.82) is 0 Å². The largest absolute Gasteiger partial charge is 0.435 e. The first-order valence-corrected chi connectivity index (χ1v) is 7.28. The van der Waals surface area contributed by atoms with Gasteiger partial charge in [0.05, 0.1) is 12.0 Å². The van der Waals surface area contributed by atoms with Gasteiger partial charge < -0.3 is 15.2 Å². The molecule has 1 rings (SSSR count). The summed E-state index contributed by atoms with van der Waals surface area (Å²) in [6.45, 7) is 10.5. The van der Waals surface area contributed by atoms with Crippen molar-refractivity contribution in [3.8, 4) is 0 Å². The van der Waals surface area contributed by atoms with Gasteiger partial charge in [0.2, 0.25) is 6.29 Å². The number of hydrogen-bond acceptors (Lipinski definition) is 4. The van der Waals surface area contributed by atoms with Gasteiger partial charge in [-0.15, -0.1) is 0 Å². The Labute approximate surface area is 117 Å². The highest BCUT2D eigenvalue weighted by Crippen LogP contribution is 2.38. The van der Waals surface area contributed by atoms with E-state index in [0.29, 0.717) is 18.9 Å². The maximum atomic E-state index is 12.5. The number of hydrogen-bond donors (Lipinski definition) is 1. The Bertz CT molecular complexity index is 303. The zero-order valence-corrected chi connectivity index (χ0v) is 13.0. The summed E-state index contributed by atoms with van der Waals surface area (Å²) in [7, 11) is 0. The van der Waals surface area contributed by atoms with Crippen LogP contribution in [0.5, 0.6) is 0 Å². The monoisotopic (exact) mass is 271 g/mol. The molecule has 4 heteroatoms. The quantitative estimate of drug-likeness (QED) is 0.781. The Morgan fingerprint density at radius 3 is 2.42 bits per heavy atom. The van der Waals surface area contributed by atoms with Crippen molar-refractivity contribution < 1.29 is 14.3 Å². The average molecular weight is 271 g/mol. The summed E-state index contributed by atoms with van der Waals surface area (Å²) in [5.74, 6) is 0.147. The third kappa shape index (κ3) is 4.18. The summed E-state index contributed by atoms with van der Waals surface area (Å²) in [5.41, 5.74) is 4.91. The molecule has 0 amide bonds. The summed E-state index contributed by atoms with van der Waals surface area (Å²) >= 11 is 0. The van der Waals surface area contributed by atoms with Crippen LogP contribution in [-0.2, 0) is 14.3 Å². The average Bonchev–Trinajstić information content (AvgIpc) is 2.27. The van der Waals surface area contributed by atoms with Crippen molar-refractivity contribution in [2.75, 3.05) is 6.61 Å². The number of ether oxygens (including phenoxy) is 2. The van der Waals surface area contributed by atoms with Gasteiger partial charge in [-0.3, -0.25) is 4.79 Å². The molecular formula is C15H29NO3. The molecule has 112 valence electrons. The molecule has 0 aromatic carbocycles. The van der Waals surface area contributed by atoms with E-state index in [0.717, 1.165) is 19.3 Å². The second-order valence-corrected chi connectivity index (χ2v) is 6.85. The maximum Gasteiger partial charge on any atom is 0.315 e. The van der Waals surface area contributed by atoms with E-state index in [4.69, 9.17) is 15.2 Å². The Kier molecular flexibility index (Phi) is 5.39. The number of nitrogens with two attached hydrogens (primary N) is 1. The third-order valence-corrected chi connectivity index (χ3v) is 4.07. The summed E-state index contributed by atoms with van der Waals surface area (Å²) < 4.78 is 11.0. The van der Waals surface area contributed by atoms with Crippen LogP contribution >= 0.6 is 0 Å². The molecule has 0 spiro atoms. The van der Waals surface area contributed by atoms with Crippen molar-refractivity contribution >= 4 is 5.97 Å². The highest BCUT2D eigenvalue weighted by molar-refractivity contribution is 5.78. The summed E-state index contributed by atoms with van der Waals surface area (Å²) in [6, 6.07) is 0. The van der Waals surface area contributed by atoms with E-state index < -0.39 is 17.2 Å². The molecule has 2 unspecified atom stereocenters. The molecule has 2 N–H and O–H groups in total. The van der Waals surface area contributed by atoms with Crippen LogP contribution in [0.2, 0.25) is 0 Å². The molecule has 0 radical (unpaired) electrons. The van der Waals surface area contributed by atoms with Crippen molar-refractivity contribution in [2.45, 2.75) is 72.1 Å². The third-order valence-electron chi connectivity index (χ3n) is 4.07. The van der Waals surface area contributed by atoms with Crippen LogP contribution in [-0.4, -0.2) is 24.4 Å². The lowest BCUT2D eigenvalue weighted by Gasteiger charge is -2.41. The fourth-order valence-corrected chi connectivity index (χ4v) is 2.48. The van der Waals surface area contributed by atoms with Gasteiger partial charge in [0.25, 0.3) is 0 Å². The number of carbonyl (C=O) groups is 1. The van der Waals surface area contributed by atoms with Crippen LogP contribution < -0.4 is 5.73 Å². The van der Waals surface area contributed by atoms with Crippen LogP contribution in [0, 0.1) is 11.3 Å². The second-order valence-electron chi connectivity index (χ2n) is 6.85. The summed E-state index contributed by atoms with van der Waals surface area (Å²) in [4.78, 5) is 12.5. The van der Waals surface area contributed by atoms with Crippen LogP contribution in [0.4, 0.5) is 0 Å². The van der Waals surface area contributed by atoms with E-state index in [9.17, 15) is 4.79 Å². The Hall–Kier alpha value is -0.610. The van der Waals surface area contributed by atoms with E-state index in [1.807, 2.05) is 20.8 Å². The minimum Gasteiger partial charge on any atom is -0.435 e. The van der Waals surface area contributed by atoms with E-state index in [-0.39, 0.29) is 5.97 Å². The molecule has 0 aromatic heterocycles. The fraction of sp³-hybridized carbons (Fsp3) is 0.933. The van der Waals surface area contributed by atoms with Crippen LogP contribution in [0.1, 0.15) is 60.3 Å². The molecule has 1 saturated heterocycles. The van der Waals surface area contributed by atoms with E-state index in [1.165, 1.54) is 0 Å². The zero-order valence-electron chi connectivity index (χ0n) is 13.0. The molecule has 0 bridgehead atoms. The van der Waals surface area contributed by atoms with Crippen molar-refractivity contribution in [1.82, 2.24) is 0 Å². The molecule has 0 saturated carbocycles. The highest BCUT2D eigenvalue weighted by Gasteiger charge is 2.47. The van der Waals surface area contributed by atoms with E-state index in [2.05, 4.69) is 13.8 Å². The van der Waals surface area contributed by atoms with Gasteiger partial charge in [-0.1, -0.05) is 13.8 Å². The Balaban J connectivity index is 2.76. The SMILES string of the molecule is CC(C)CC(C)(C(=O)OC1CCCCO1)C(C)(C)N. The van der Waals surface area contributed by atoms with E-state index in [1.54, 1.807) is 0 Å².